The van der Waals surface area contributed by atoms with Crippen LogP contribution in [0.5, 0.6) is 11.5 Å². The van der Waals surface area contributed by atoms with E-state index in [1.807, 2.05) is 30.0 Å². The minimum atomic E-state index is 0. The topological polar surface area (TPSA) is 46.1 Å². The van der Waals surface area contributed by atoms with Crippen LogP contribution < -0.4 is 14.8 Å². The van der Waals surface area contributed by atoms with Gasteiger partial charge < -0.3 is 19.7 Å². The Morgan fingerprint density at radius 1 is 1.28 bits per heavy atom. The molecular formula is C18H30IN3O2S. The summed E-state index contributed by atoms with van der Waals surface area (Å²) in [5.74, 6) is 3.60. The molecule has 1 aliphatic heterocycles. The second-order valence-corrected chi connectivity index (χ2v) is 8.19. The van der Waals surface area contributed by atoms with E-state index in [2.05, 4.69) is 31.0 Å². The molecule has 1 aromatic rings. The van der Waals surface area contributed by atoms with Crippen LogP contribution in [-0.4, -0.2) is 55.2 Å². The van der Waals surface area contributed by atoms with Crippen molar-refractivity contribution >= 4 is 41.7 Å². The van der Waals surface area contributed by atoms with Crippen LogP contribution in [0.1, 0.15) is 26.3 Å². The standard InChI is InChI=1S/C18H29N3O2S.HI/c1-6-19-17(21-9-10-24-18(2,3)13-21)20-12-14-7-8-15(22-4)16(11-14)23-5;/h7-8,11H,6,9-10,12-13H2,1-5H3,(H,19,20);1H. The first-order chi connectivity index (χ1) is 11.5. The van der Waals surface area contributed by atoms with Crippen LogP contribution in [0.4, 0.5) is 0 Å². The molecule has 2 rings (SSSR count). The van der Waals surface area contributed by atoms with Crippen LogP contribution in [-0.2, 0) is 6.54 Å². The Labute approximate surface area is 173 Å². The maximum Gasteiger partial charge on any atom is 0.194 e. The fourth-order valence-corrected chi connectivity index (χ4v) is 3.88. The summed E-state index contributed by atoms with van der Waals surface area (Å²) in [6.45, 7) is 10.2. The second kappa shape index (κ2) is 10.4. The maximum absolute atomic E-state index is 5.37. The van der Waals surface area contributed by atoms with E-state index in [-0.39, 0.29) is 28.7 Å². The molecule has 0 unspecified atom stereocenters. The van der Waals surface area contributed by atoms with Crippen LogP contribution in [0, 0.1) is 0 Å². The van der Waals surface area contributed by atoms with Crippen LogP contribution in [0.2, 0.25) is 0 Å². The first kappa shape index (κ1) is 22.2. The van der Waals surface area contributed by atoms with Crippen molar-refractivity contribution < 1.29 is 9.47 Å². The van der Waals surface area contributed by atoms with E-state index < -0.39 is 0 Å². The fourth-order valence-electron chi connectivity index (χ4n) is 2.77. The van der Waals surface area contributed by atoms with Crippen molar-refractivity contribution in [3.05, 3.63) is 23.8 Å². The molecule has 1 heterocycles. The third kappa shape index (κ3) is 6.44. The number of nitrogens with one attached hydrogen (secondary N) is 1. The Hall–Kier alpha value is -0.830. The van der Waals surface area contributed by atoms with E-state index in [1.54, 1.807) is 14.2 Å². The van der Waals surface area contributed by atoms with Gasteiger partial charge in [-0.15, -0.1) is 24.0 Å². The number of methoxy groups -OCH3 is 2. The number of benzene rings is 1. The van der Waals surface area contributed by atoms with Gasteiger partial charge >= 0.3 is 0 Å². The van der Waals surface area contributed by atoms with Gasteiger partial charge in [-0.1, -0.05) is 6.07 Å². The van der Waals surface area contributed by atoms with Gasteiger partial charge in [0.2, 0.25) is 0 Å². The van der Waals surface area contributed by atoms with E-state index in [0.29, 0.717) is 6.54 Å². The Morgan fingerprint density at radius 2 is 2.00 bits per heavy atom. The Kier molecular flexibility index (Phi) is 9.20. The molecule has 5 nitrogen and oxygen atoms in total. The molecule has 0 spiro atoms. The lowest BCUT2D eigenvalue weighted by molar-refractivity contribution is 0.354. The van der Waals surface area contributed by atoms with Crippen molar-refractivity contribution in [3.8, 4) is 11.5 Å². The number of rotatable bonds is 5. The molecule has 25 heavy (non-hydrogen) atoms. The molecule has 0 radical (unpaired) electrons. The van der Waals surface area contributed by atoms with Gasteiger partial charge in [0.15, 0.2) is 17.5 Å². The van der Waals surface area contributed by atoms with Crippen molar-refractivity contribution in [2.45, 2.75) is 32.1 Å². The Balaban J connectivity index is 0.00000312. The van der Waals surface area contributed by atoms with Crippen molar-refractivity contribution in [2.75, 3.05) is 39.6 Å². The molecule has 0 atom stereocenters. The monoisotopic (exact) mass is 479 g/mol. The molecule has 0 saturated carbocycles. The highest BCUT2D eigenvalue weighted by atomic mass is 127. The van der Waals surface area contributed by atoms with Gasteiger partial charge in [-0.2, -0.15) is 11.8 Å². The molecule has 0 amide bonds. The predicted octanol–water partition coefficient (Wildman–Crippen LogP) is 3.61. The Morgan fingerprint density at radius 3 is 2.60 bits per heavy atom. The maximum atomic E-state index is 5.37. The minimum Gasteiger partial charge on any atom is -0.493 e. The SMILES string of the molecule is CCNC(=NCc1ccc(OC)c(OC)c1)N1CCSC(C)(C)C1.I. The van der Waals surface area contributed by atoms with Gasteiger partial charge in [-0.05, 0) is 38.5 Å². The highest BCUT2D eigenvalue weighted by Gasteiger charge is 2.28. The molecule has 1 aliphatic rings. The van der Waals surface area contributed by atoms with Crippen LogP contribution >= 0.6 is 35.7 Å². The summed E-state index contributed by atoms with van der Waals surface area (Å²) in [7, 11) is 3.30. The number of thioether (sulfide) groups is 1. The van der Waals surface area contributed by atoms with Gasteiger partial charge in [0, 0.05) is 30.1 Å². The summed E-state index contributed by atoms with van der Waals surface area (Å²) >= 11 is 2.03. The summed E-state index contributed by atoms with van der Waals surface area (Å²) in [6, 6.07) is 5.95. The lowest BCUT2D eigenvalue weighted by Crippen LogP contribution is -2.50. The number of hydrogen-bond donors (Lipinski definition) is 1. The zero-order valence-electron chi connectivity index (χ0n) is 15.8. The molecule has 1 saturated heterocycles. The largest absolute Gasteiger partial charge is 0.493 e. The summed E-state index contributed by atoms with van der Waals surface area (Å²) in [4.78, 5) is 7.19. The molecule has 142 valence electrons. The number of guanidine groups is 1. The average molecular weight is 479 g/mol. The zero-order valence-corrected chi connectivity index (χ0v) is 18.9. The molecule has 7 heteroatoms. The van der Waals surface area contributed by atoms with E-state index in [9.17, 15) is 0 Å². The van der Waals surface area contributed by atoms with Crippen molar-refractivity contribution in [2.24, 2.45) is 4.99 Å². The molecule has 0 aliphatic carbocycles. The quantitative estimate of drug-likeness (QED) is 0.397. The first-order valence-electron chi connectivity index (χ1n) is 8.37. The summed E-state index contributed by atoms with van der Waals surface area (Å²) < 4.78 is 10.9. The van der Waals surface area contributed by atoms with Gasteiger partial charge in [0.25, 0.3) is 0 Å². The van der Waals surface area contributed by atoms with Crippen LogP contribution in [0.15, 0.2) is 23.2 Å². The zero-order chi connectivity index (χ0) is 17.6. The summed E-state index contributed by atoms with van der Waals surface area (Å²) in [5, 5.41) is 3.42. The van der Waals surface area contributed by atoms with E-state index in [4.69, 9.17) is 14.5 Å². The third-order valence-corrected chi connectivity index (χ3v) is 5.22. The average Bonchev–Trinajstić information content (AvgIpc) is 2.57. The number of aliphatic imine (C=N–C) groups is 1. The second-order valence-electron chi connectivity index (χ2n) is 6.39. The smallest absolute Gasteiger partial charge is 0.194 e. The van der Waals surface area contributed by atoms with E-state index in [1.165, 1.54) is 0 Å². The normalized spacial score (nSPS) is 16.8. The van der Waals surface area contributed by atoms with Crippen molar-refractivity contribution in [3.63, 3.8) is 0 Å². The van der Waals surface area contributed by atoms with Gasteiger partial charge in [0.05, 0.1) is 20.8 Å². The molecule has 0 aromatic heterocycles. The third-order valence-electron chi connectivity index (χ3n) is 3.92. The van der Waals surface area contributed by atoms with Crippen LogP contribution in [0.3, 0.4) is 0 Å². The number of halogens is 1. The molecule has 0 bridgehead atoms. The lowest BCUT2D eigenvalue weighted by atomic mass is 10.2. The number of hydrogen-bond acceptors (Lipinski definition) is 4. The molecular weight excluding hydrogens is 449 g/mol. The van der Waals surface area contributed by atoms with Crippen molar-refractivity contribution in [1.29, 1.82) is 0 Å². The Bertz CT molecular complexity index is 581. The molecule has 1 fully saturated rings. The molecule has 1 N–H and O–H groups in total. The fraction of sp³-hybridized carbons (Fsp3) is 0.611. The lowest BCUT2D eigenvalue weighted by Gasteiger charge is -2.39. The van der Waals surface area contributed by atoms with Crippen molar-refractivity contribution in [1.82, 2.24) is 10.2 Å². The highest BCUT2D eigenvalue weighted by Crippen LogP contribution is 2.30. The summed E-state index contributed by atoms with van der Waals surface area (Å²) in [6.07, 6.45) is 0. The summed E-state index contributed by atoms with van der Waals surface area (Å²) in [5.41, 5.74) is 1.11. The van der Waals surface area contributed by atoms with Crippen LogP contribution in [0.25, 0.3) is 0 Å². The van der Waals surface area contributed by atoms with Gasteiger partial charge in [-0.25, -0.2) is 4.99 Å². The highest BCUT2D eigenvalue weighted by molar-refractivity contribution is 14.0. The molecule has 1 aromatic carbocycles. The van der Waals surface area contributed by atoms with E-state index >= 15 is 0 Å². The predicted molar refractivity (Wildman–Crippen MR) is 118 cm³/mol. The first-order valence-corrected chi connectivity index (χ1v) is 9.35. The minimum absolute atomic E-state index is 0. The van der Waals surface area contributed by atoms with Gasteiger partial charge in [0.1, 0.15) is 0 Å². The van der Waals surface area contributed by atoms with E-state index in [0.717, 1.165) is 48.4 Å². The number of ether oxygens (including phenoxy) is 2. The number of nitrogens with zero attached hydrogens (tertiary/aromatic N) is 2. The van der Waals surface area contributed by atoms with Gasteiger partial charge in [-0.3, -0.25) is 0 Å².